The van der Waals surface area contributed by atoms with Gasteiger partial charge in [0.2, 0.25) is 0 Å². The van der Waals surface area contributed by atoms with E-state index in [0.29, 0.717) is 6.04 Å². The second kappa shape index (κ2) is 6.89. The van der Waals surface area contributed by atoms with Gasteiger partial charge in [-0.05, 0) is 32.2 Å². The van der Waals surface area contributed by atoms with Crippen molar-refractivity contribution >= 4 is 15.9 Å². The number of likely N-dealkylation sites (N-methyl/N-ethyl adjacent to an activating group) is 1. The maximum atomic E-state index is 9.90. The molecule has 0 aromatic heterocycles. The molecule has 1 fully saturated rings. The molecule has 1 saturated heterocycles. The largest absolute Gasteiger partial charge is 0.496 e. The van der Waals surface area contributed by atoms with Gasteiger partial charge < -0.3 is 14.7 Å². The normalized spacial score (nSPS) is 22.8. The highest BCUT2D eigenvalue weighted by molar-refractivity contribution is 9.10. The van der Waals surface area contributed by atoms with Crippen molar-refractivity contribution < 1.29 is 9.84 Å². The van der Waals surface area contributed by atoms with Crippen LogP contribution in [0.25, 0.3) is 0 Å². The Kier molecular flexibility index (Phi) is 5.43. The van der Waals surface area contributed by atoms with E-state index in [1.54, 1.807) is 7.11 Å². The predicted octanol–water partition coefficient (Wildman–Crippen LogP) is 2.13. The number of piperazine rings is 1. The van der Waals surface area contributed by atoms with E-state index in [9.17, 15) is 5.11 Å². The number of benzene rings is 1. The maximum absolute atomic E-state index is 9.90. The summed E-state index contributed by atoms with van der Waals surface area (Å²) < 4.78 is 6.47. The molecule has 2 unspecified atom stereocenters. The van der Waals surface area contributed by atoms with Crippen molar-refractivity contribution in [1.29, 1.82) is 0 Å². The van der Waals surface area contributed by atoms with E-state index in [4.69, 9.17) is 4.74 Å². The van der Waals surface area contributed by atoms with E-state index in [2.05, 4.69) is 39.7 Å². The zero-order chi connectivity index (χ0) is 14.7. The van der Waals surface area contributed by atoms with Crippen LogP contribution >= 0.6 is 15.9 Å². The summed E-state index contributed by atoms with van der Waals surface area (Å²) >= 11 is 3.51. The lowest BCUT2D eigenvalue weighted by Crippen LogP contribution is -2.52. The molecule has 0 spiro atoms. The number of ether oxygens (including phenoxy) is 1. The molecule has 2 atom stereocenters. The first-order valence-corrected chi connectivity index (χ1v) is 7.74. The Morgan fingerprint density at radius 3 is 2.80 bits per heavy atom. The van der Waals surface area contributed by atoms with E-state index < -0.39 is 0 Å². The van der Waals surface area contributed by atoms with Crippen molar-refractivity contribution in [2.45, 2.75) is 19.0 Å². The number of aliphatic hydroxyl groups excluding tert-OH is 1. The summed E-state index contributed by atoms with van der Waals surface area (Å²) in [4.78, 5) is 4.69. The Hall–Kier alpha value is -0.620. The summed E-state index contributed by atoms with van der Waals surface area (Å²) in [6.45, 7) is 5.31. The molecule has 0 radical (unpaired) electrons. The van der Waals surface area contributed by atoms with Gasteiger partial charge in [0.05, 0.1) is 19.8 Å². The number of aliphatic hydroxyl groups is 1. The predicted molar refractivity (Wildman–Crippen MR) is 84.2 cm³/mol. The monoisotopic (exact) mass is 342 g/mol. The van der Waals surface area contributed by atoms with Crippen LogP contribution in [0.15, 0.2) is 22.7 Å². The van der Waals surface area contributed by atoms with E-state index in [1.165, 1.54) is 0 Å². The van der Waals surface area contributed by atoms with Crippen LogP contribution in [0.2, 0.25) is 0 Å². The molecule has 1 N–H and O–H groups in total. The van der Waals surface area contributed by atoms with Gasteiger partial charge in [0.15, 0.2) is 0 Å². The minimum atomic E-state index is -0.0221. The molecule has 1 aromatic rings. The summed E-state index contributed by atoms with van der Waals surface area (Å²) in [7, 11) is 3.82. The fraction of sp³-hybridized carbons (Fsp3) is 0.600. The highest BCUT2D eigenvalue weighted by atomic mass is 79.9. The second-order valence-electron chi connectivity index (χ2n) is 5.43. The molecule has 0 amide bonds. The Morgan fingerprint density at radius 2 is 2.20 bits per heavy atom. The molecule has 1 aliphatic heterocycles. The summed E-state index contributed by atoms with van der Waals surface area (Å²) in [6.07, 6.45) is 0. The number of nitrogens with zero attached hydrogens (tertiary/aromatic N) is 2. The molecule has 0 saturated carbocycles. The zero-order valence-corrected chi connectivity index (χ0v) is 13.9. The summed E-state index contributed by atoms with van der Waals surface area (Å²) in [5, 5.41) is 9.90. The number of hydrogen-bond acceptors (Lipinski definition) is 4. The number of hydrogen-bond donors (Lipinski definition) is 1. The Morgan fingerprint density at radius 1 is 1.45 bits per heavy atom. The third kappa shape index (κ3) is 3.34. The molecule has 4 nitrogen and oxygen atoms in total. The number of halogens is 1. The van der Waals surface area contributed by atoms with Crippen molar-refractivity contribution in [1.82, 2.24) is 9.80 Å². The van der Waals surface area contributed by atoms with Crippen LogP contribution in [-0.2, 0) is 0 Å². The van der Waals surface area contributed by atoms with Gasteiger partial charge >= 0.3 is 0 Å². The van der Waals surface area contributed by atoms with E-state index in [0.717, 1.165) is 35.4 Å². The molecule has 1 heterocycles. The first-order valence-electron chi connectivity index (χ1n) is 6.95. The fourth-order valence-electron chi connectivity index (χ4n) is 2.96. The second-order valence-corrected chi connectivity index (χ2v) is 6.35. The highest BCUT2D eigenvalue weighted by Gasteiger charge is 2.30. The molecule has 5 heteroatoms. The lowest BCUT2D eigenvalue weighted by Gasteiger charge is -2.42. The third-order valence-electron chi connectivity index (χ3n) is 4.01. The number of methoxy groups -OCH3 is 1. The standard InChI is InChI=1S/C15H23BrN2O2/c1-11-9-17(2)6-7-18(11)14(10-19)13-8-12(16)4-5-15(13)20-3/h4-5,8,11,14,19H,6-7,9-10H2,1-3H3. The van der Waals surface area contributed by atoms with Gasteiger partial charge in [0.25, 0.3) is 0 Å². The molecule has 0 aliphatic carbocycles. The van der Waals surface area contributed by atoms with Crippen molar-refractivity contribution in [3.63, 3.8) is 0 Å². The van der Waals surface area contributed by atoms with Crippen LogP contribution in [0.5, 0.6) is 5.75 Å². The molecule has 1 aliphatic rings. The van der Waals surface area contributed by atoms with Gasteiger partial charge in [0, 0.05) is 35.7 Å². The topological polar surface area (TPSA) is 35.9 Å². The van der Waals surface area contributed by atoms with E-state index >= 15 is 0 Å². The average Bonchev–Trinajstić information content (AvgIpc) is 2.42. The molecular weight excluding hydrogens is 320 g/mol. The van der Waals surface area contributed by atoms with Crippen LogP contribution in [0.3, 0.4) is 0 Å². The van der Waals surface area contributed by atoms with Crippen molar-refractivity contribution in [2.24, 2.45) is 0 Å². The van der Waals surface area contributed by atoms with Gasteiger partial charge in [-0.3, -0.25) is 4.90 Å². The molecule has 112 valence electrons. The van der Waals surface area contributed by atoms with Crippen molar-refractivity contribution in [3.8, 4) is 5.75 Å². The van der Waals surface area contributed by atoms with Gasteiger partial charge in [-0.2, -0.15) is 0 Å². The Bertz CT molecular complexity index is 455. The Labute approximate surface area is 129 Å². The van der Waals surface area contributed by atoms with Crippen molar-refractivity contribution in [2.75, 3.05) is 40.4 Å². The van der Waals surface area contributed by atoms with E-state index in [1.807, 2.05) is 18.2 Å². The van der Waals surface area contributed by atoms with Gasteiger partial charge in [-0.25, -0.2) is 0 Å². The van der Waals surface area contributed by atoms with Crippen LogP contribution in [-0.4, -0.2) is 61.3 Å². The third-order valence-corrected chi connectivity index (χ3v) is 4.50. The fourth-order valence-corrected chi connectivity index (χ4v) is 3.34. The SMILES string of the molecule is COc1ccc(Br)cc1C(CO)N1CCN(C)CC1C. The van der Waals surface area contributed by atoms with Gasteiger partial charge in [-0.1, -0.05) is 15.9 Å². The van der Waals surface area contributed by atoms with E-state index in [-0.39, 0.29) is 12.6 Å². The quantitative estimate of drug-likeness (QED) is 0.909. The first kappa shape index (κ1) is 15.8. The summed E-state index contributed by atoms with van der Waals surface area (Å²) in [5.74, 6) is 0.832. The van der Waals surface area contributed by atoms with Crippen molar-refractivity contribution in [3.05, 3.63) is 28.2 Å². The first-order chi connectivity index (χ1) is 9.56. The van der Waals surface area contributed by atoms with Gasteiger partial charge in [-0.15, -0.1) is 0 Å². The molecule has 0 bridgehead atoms. The van der Waals surface area contributed by atoms with Crippen LogP contribution in [0.4, 0.5) is 0 Å². The minimum absolute atomic E-state index is 0.0221. The minimum Gasteiger partial charge on any atom is -0.496 e. The number of rotatable bonds is 4. The van der Waals surface area contributed by atoms with Crippen LogP contribution in [0.1, 0.15) is 18.5 Å². The molecule has 1 aromatic carbocycles. The van der Waals surface area contributed by atoms with Crippen LogP contribution < -0.4 is 4.74 Å². The lowest BCUT2D eigenvalue weighted by molar-refractivity contribution is 0.0332. The maximum Gasteiger partial charge on any atom is 0.123 e. The van der Waals surface area contributed by atoms with Gasteiger partial charge in [0.1, 0.15) is 5.75 Å². The Balaban J connectivity index is 2.30. The smallest absolute Gasteiger partial charge is 0.123 e. The summed E-state index contributed by atoms with van der Waals surface area (Å²) in [6, 6.07) is 6.35. The van der Waals surface area contributed by atoms with Crippen LogP contribution in [0, 0.1) is 0 Å². The average molecular weight is 343 g/mol. The zero-order valence-electron chi connectivity index (χ0n) is 12.3. The molecule has 2 rings (SSSR count). The highest BCUT2D eigenvalue weighted by Crippen LogP contribution is 2.33. The molecule has 20 heavy (non-hydrogen) atoms. The molecular formula is C15H23BrN2O2. The lowest BCUT2D eigenvalue weighted by atomic mass is 10.0. The summed E-state index contributed by atoms with van der Waals surface area (Å²) in [5.41, 5.74) is 1.04.